The van der Waals surface area contributed by atoms with Gasteiger partial charge in [-0.25, -0.2) is 0 Å². The third-order valence-corrected chi connectivity index (χ3v) is 6.25. The molecule has 1 fully saturated rings. The van der Waals surface area contributed by atoms with Gasteiger partial charge in [0.1, 0.15) is 5.75 Å². The zero-order valence-electron chi connectivity index (χ0n) is 16.9. The Morgan fingerprint density at radius 2 is 1.87 bits per heavy atom. The molecule has 3 heterocycles. The molecule has 0 N–H and O–H groups in total. The van der Waals surface area contributed by atoms with Crippen LogP contribution >= 0.6 is 11.3 Å². The molecule has 8 heteroatoms. The van der Waals surface area contributed by atoms with Crippen molar-refractivity contribution >= 4 is 28.0 Å². The summed E-state index contributed by atoms with van der Waals surface area (Å²) in [4.78, 5) is 22.2. The lowest BCUT2D eigenvalue weighted by molar-refractivity contribution is -0.135. The number of rotatable bonds is 6. The largest absolute Gasteiger partial charge is 0.483 e. The van der Waals surface area contributed by atoms with Crippen molar-refractivity contribution in [3.63, 3.8) is 0 Å². The van der Waals surface area contributed by atoms with Gasteiger partial charge < -0.3 is 14.2 Å². The molecule has 4 aromatic rings. The number of amides is 1. The average Bonchev–Trinajstić information content (AvgIpc) is 3.50. The van der Waals surface area contributed by atoms with Crippen LogP contribution in [-0.2, 0) is 11.3 Å². The first kappa shape index (κ1) is 19.7. The highest BCUT2D eigenvalue weighted by Crippen LogP contribution is 2.25. The smallest absolute Gasteiger partial charge is 0.268 e. The van der Waals surface area contributed by atoms with E-state index in [0.29, 0.717) is 31.3 Å². The zero-order chi connectivity index (χ0) is 21.0. The quantitative estimate of drug-likeness (QED) is 0.461. The first-order valence-electron chi connectivity index (χ1n) is 10.2. The zero-order valence-corrected chi connectivity index (χ0v) is 17.8. The van der Waals surface area contributed by atoms with Crippen LogP contribution in [0.4, 0.5) is 0 Å². The summed E-state index contributed by atoms with van der Waals surface area (Å²) in [7, 11) is 0. The summed E-state index contributed by atoms with van der Waals surface area (Å²) in [5.74, 6) is 1.97. The summed E-state index contributed by atoms with van der Waals surface area (Å²) in [6, 6.07) is 17.8. The van der Waals surface area contributed by atoms with Crippen LogP contribution in [0.15, 0.2) is 64.5 Å². The molecule has 0 atom stereocenters. The molecule has 0 bridgehead atoms. The van der Waals surface area contributed by atoms with Gasteiger partial charge in [-0.15, -0.1) is 11.3 Å². The topological polar surface area (TPSA) is 71.7 Å². The second kappa shape index (κ2) is 8.87. The number of hydrogen-bond donors (Lipinski definition) is 0. The number of carbonyl (C=O) groups is 1. The summed E-state index contributed by atoms with van der Waals surface area (Å²) in [6.07, 6.45) is 0. The van der Waals surface area contributed by atoms with Crippen LogP contribution in [0.25, 0.3) is 21.5 Å². The molecule has 158 valence electrons. The van der Waals surface area contributed by atoms with E-state index in [0.717, 1.165) is 34.5 Å². The third-order valence-electron chi connectivity index (χ3n) is 5.39. The number of carbonyl (C=O) groups excluding carboxylic acids is 1. The van der Waals surface area contributed by atoms with E-state index in [4.69, 9.17) is 9.26 Å². The Bertz CT molecular complexity index is 1160. The minimum atomic E-state index is 0.00660. The molecule has 1 aliphatic rings. The number of thiophene rings is 1. The molecule has 1 aliphatic heterocycles. The summed E-state index contributed by atoms with van der Waals surface area (Å²) < 4.78 is 11.2. The second-order valence-corrected chi connectivity index (χ2v) is 8.36. The normalized spacial score (nSPS) is 14.8. The number of aromatic nitrogens is 2. The monoisotopic (exact) mass is 434 g/mol. The van der Waals surface area contributed by atoms with Gasteiger partial charge in [-0.3, -0.25) is 9.69 Å². The van der Waals surface area contributed by atoms with E-state index in [9.17, 15) is 4.79 Å². The lowest BCUT2D eigenvalue weighted by Crippen LogP contribution is -2.49. The Hall–Kier alpha value is -3.23. The van der Waals surface area contributed by atoms with Crippen LogP contribution in [0, 0.1) is 0 Å². The molecule has 1 saturated heterocycles. The van der Waals surface area contributed by atoms with E-state index in [1.54, 1.807) is 11.3 Å². The summed E-state index contributed by atoms with van der Waals surface area (Å²) in [6.45, 7) is 3.51. The maximum Gasteiger partial charge on any atom is 0.268 e. The SMILES string of the molecule is O=C(COc1cccc2ccccc12)N1CCN(Cc2noc(-c3cccs3)n2)CC1. The minimum absolute atomic E-state index is 0.00660. The minimum Gasteiger partial charge on any atom is -0.483 e. The lowest BCUT2D eigenvalue weighted by atomic mass is 10.1. The molecule has 5 rings (SSSR count). The fourth-order valence-corrected chi connectivity index (χ4v) is 4.37. The molecule has 7 nitrogen and oxygen atoms in total. The fourth-order valence-electron chi connectivity index (χ4n) is 3.73. The van der Waals surface area contributed by atoms with Crippen molar-refractivity contribution in [2.24, 2.45) is 0 Å². The summed E-state index contributed by atoms with van der Waals surface area (Å²) in [5.41, 5.74) is 0. The molecule has 31 heavy (non-hydrogen) atoms. The number of benzene rings is 2. The maximum atomic E-state index is 12.7. The van der Waals surface area contributed by atoms with Gasteiger partial charge in [0.2, 0.25) is 0 Å². The highest BCUT2D eigenvalue weighted by Gasteiger charge is 2.23. The standard InChI is InChI=1S/C23H22N4O3S/c28-22(16-29-19-8-3-6-17-5-1-2-7-18(17)19)27-12-10-26(11-13-27)15-21-24-23(30-25-21)20-9-4-14-31-20/h1-9,14H,10-13,15-16H2. The fraction of sp³-hybridized carbons (Fsp3) is 0.261. The van der Waals surface area contributed by atoms with Gasteiger partial charge >= 0.3 is 0 Å². The molecular weight excluding hydrogens is 412 g/mol. The average molecular weight is 435 g/mol. The van der Waals surface area contributed by atoms with Gasteiger partial charge in [-0.1, -0.05) is 47.6 Å². The van der Waals surface area contributed by atoms with Crippen LogP contribution in [-0.4, -0.2) is 58.6 Å². The van der Waals surface area contributed by atoms with Gasteiger partial charge in [0.15, 0.2) is 12.4 Å². The van der Waals surface area contributed by atoms with Crippen LogP contribution in [0.1, 0.15) is 5.82 Å². The second-order valence-electron chi connectivity index (χ2n) is 7.42. The van der Waals surface area contributed by atoms with Crippen LogP contribution < -0.4 is 4.74 Å². The molecule has 0 saturated carbocycles. The van der Waals surface area contributed by atoms with Crippen molar-refractivity contribution in [3.8, 4) is 16.5 Å². The molecule has 2 aromatic heterocycles. The Kier molecular flexibility index (Phi) is 5.64. The first-order valence-corrected chi connectivity index (χ1v) is 11.1. The van der Waals surface area contributed by atoms with Gasteiger partial charge in [0.05, 0.1) is 11.4 Å². The predicted octanol–water partition coefficient (Wildman–Crippen LogP) is 3.67. The predicted molar refractivity (Wildman–Crippen MR) is 119 cm³/mol. The Morgan fingerprint density at radius 3 is 2.71 bits per heavy atom. The Morgan fingerprint density at radius 1 is 1.03 bits per heavy atom. The van der Waals surface area contributed by atoms with Crippen molar-refractivity contribution in [1.29, 1.82) is 0 Å². The number of hydrogen-bond acceptors (Lipinski definition) is 7. The molecule has 0 unspecified atom stereocenters. The summed E-state index contributed by atoms with van der Waals surface area (Å²) in [5, 5.41) is 8.19. The van der Waals surface area contributed by atoms with Crippen molar-refractivity contribution < 1.29 is 14.1 Å². The number of piperazine rings is 1. The van der Waals surface area contributed by atoms with E-state index < -0.39 is 0 Å². The molecule has 2 aromatic carbocycles. The maximum absolute atomic E-state index is 12.7. The van der Waals surface area contributed by atoms with Gasteiger partial charge in [0.25, 0.3) is 11.8 Å². The van der Waals surface area contributed by atoms with Crippen LogP contribution in [0.5, 0.6) is 5.75 Å². The van der Waals surface area contributed by atoms with Crippen molar-refractivity contribution in [1.82, 2.24) is 19.9 Å². The lowest BCUT2D eigenvalue weighted by Gasteiger charge is -2.34. The van der Waals surface area contributed by atoms with E-state index in [1.165, 1.54) is 0 Å². The number of fused-ring (bicyclic) bond motifs is 1. The van der Waals surface area contributed by atoms with E-state index in [1.807, 2.05) is 64.9 Å². The van der Waals surface area contributed by atoms with Crippen LogP contribution in [0.2, 0.25) is 0 Å². The van der Waals surface area contributed by atoms with E-state index in [-0.39, 0.29) is 12.5 Å². The van der Waals surface area contributed by atoms with Gasteiger partial charge in [-0.2, -0.15) is 4.98 Å². The van der Waals surface area contributed by atoms with E-state index in [2.05, 4.69) is 15.0 Å². The number of nitrogens with zero attached hydrogens (tertiary/aromatic N) is 4. The van der Waals surface area contributed by atoms with Crippen LogP contribution in [0.3, 0.4) is 0 Å². The molecule has 1 amide bonds. The Balaban J connectivity index is 1.12. The highest BCUT2D eigenvalue weighted by atomic mass is 32.1. The van der Waals surface area contributed by atoms with Gasteiger partial charge in [0, 0.05) is 31.6 Å². The highest BCUT2D eigenvalue weighted by molar-refractivity contribution is 7.13. The number of ether oxygens (including phenoxy) is 1. The first-order chi connectivity index (χ1) is 15.3. The van der Waals surface area contributed by atoms with Gasteiger partial charge in [-0.05, 0) is 22.9 Å². The molecule has 0 radical (unpaired) electrons. The third kappa shape index (κ3) is 4.45. The van der Waals surface area contributed by atoms with E-state index >= 15 is 0 Å². The molecule has 0 aliphatic carbocycles. The van der Waals surface area contributed by atoms with Crippen molar-refractivity contribution in [3.05, 3.63) is 65.8 Å². The molecule has 0 spiro atoms. The summed E-state index contributed by atoms with van der Waals surface area (Å²) >= 11 is 1.58. The molecular formula is C23H22N4O3S. The Labute approximate surface area is 183 Å². The van der Waals surface area contributed by atoms with Crippen molar-refractivity contribution in [2.75, 3.05) is 32.8 Å². The van der Waals surface area contributed by atoms with Crippen molar-refractivity contribution in [2.45, 2.75) is 6.54 Å².